The molecule has 0 fully saturated rings. The SMILES string of the molecule is CC[C@H](CC(=O)OCc1ccccc1)OC.CC[C@H](CC(=O)OCc1ccccc1)OC. The number of rotatable bonds is 12. The maximum absolute atomic E-state index is 11.4. The summed E-state index contributed by atoms with van der Waals surface area (Å²) in [4.78, 5) is 22.9. The van der Waals surface area contributed by atoms with Crippen molar-refractivity contribution in [1.82, 2.24) is 0 Å². The van der Waals surface area contributed by atoms with E-state index >= 15 is 0 Å². The molecule has 0 amide bonds. The van der Waals surface area contributed by atoms with Gasteiger partial charge in [-0.1, -0.05) is 74.5 Å². The van der Waals surface area contributed by atoms with Crippen molar-refractivity contribution in [3.8, 4) is 0 Å². The molecule has 0 spiro atoms. The predicted octanol–water partition coefficient (Wildman–Crippen LogP) is 5.09. The van der Waals surface area contributed by atoms with Crippen molar-refractivity contribution in [2.45, 2.75) is 65.0 Å². The summed E-state index contributed by atoms with van der Waals surface area (Å²) in [6, 6.07) is 19.3. The van der Waals surface area contributed by atoms with Crippen LogP contribution in [0.15, 0.2) is 60.7 Å². The van der Waals surface area contributed by atoms with Crippen molar-refractivity contribution < 1.29 is 28.5 Å². The first-order valence-corrected chi connectivity index (χ1v) is 11.0. The van der Waals surface area contributed by atoms with Crippen LogP contribution in [0.3, 0.4) is 0 Å². The van der Waals surface area contributed by atoms with Crippen LogP contribution < -0.4 is 0 Å². The van der Waals surface area contributed by atoms with Crippen LogP contribution in [0, 0.1) is 0 Å². The van der Waals surface area contributed by atoms with Crippen LogP contribution in [0.2, 0.25) is 0 Å². The van der Waals surface area contributed by atoms with Gasteiger partial charge in [-0.15, -0.1) is 0 Å². The molecule has 0 saturated carbocycles. The molecular formula is C26H36O6. The summed E-state index contributed by atoms with van der Waals surface area (Å²) in [6.45, 7) is 4.64. The lowest BCUT2D eigenvalue weighted by Gasteiger charge is -2.12. The fourth-order valence-corrected chi connectivity index (χ4v) is 2.75. The molecule has 0 N–H and O–H groups in total. The molecule has 32 heavy (non-hydrogen) atoms. The molecule has 6 nitrogen and oxygen atoms in total. The summed E-state index contributed by atoms with van der Waals surface area (Å²) in [6.07, 6.45) is 2.19. The van der Waals surface area contributed by atoms with Gasteiger partial charge in [0, 0.05) is 14.2 Å². The first-order chi connectivity index (χ1) is 15.5. The van der Waals surface area contributed by atoms with E-state index in [1.54, 1.807) is 14.2 Å². The Bertz CT molecular complexity index is 674. The Morgan fingerprint density at radius 2 is 1.00 bits per heavy atom. The fourth-order valence-electron chi connectivity index (χ4n) is 2.75. The van der Waals surface area contributed by atoms with E-state index in [1.165, 1.54) is 0 Å². The summed E-state index contributed by atoms with van der Waals surface area (Å²) in [5.41, 5.74) is 2.00. The van der Waals surface area contributed by atoms with Crippen LogP contribution in [0.25, 0.3) is 0 Å². The molecule has 2 aromatic carbocycles. The van der Waals surface area contributed by atoms with E-state index in [-0.39, 0.29) is 24.1 Å². The Balaban J connectivity index is 0.000000320. The molecule has 0 saturated heterocycles. The zero-order valence-corrected chi connectivity index (χ0v) is 19.6. The molecule has 0 aliphatic heterocycles. The normalized spacial score (nSPS) is 12.1. The highest BCUT2D eigenvalue weighted by Gasteiger charge is 2.13. The van der Waals surface area contributed by atoms with E-state index in [4.69, 9.17) is 18.9 Å². The Morgan fingerprint density at radius 1 is 0.656 bits per heavy atom. The fraction of sp³-hybridized carbons (Fsp3) is 0.462. The molecule has 2 aromatic rings. The molecule has 2 rings (SSSR count). The minimum absolute atomic E-state index is 0.0386. The highest BCUT2D eigenvalue weighted by atomic mass is 16.5. The number of hydrogen-bond donors (Lipinski definition) is 0. The molecule has 0 heterocycles. The van der Waals surface area contributed by atoms with Gasteiger partial charge in [-0.05, 0) is 24.0 Å². The first kappa shape index (κ1) is 27.3. The highest BCUT2D eigenvalue weighted by molar-refractivity contribution is 5.70. The molecular weight excluding hydrogens is 408 g/mol. The Hall–Kier alpha value is -2.70. The second kappa shape index (κ2) is 16.9. The number of ether oxygens (including phenoxy) is 4. The maximum atomic E-state index is 11.4. The monoisotopic (exact) mass is 444 g/mol. The molecule has 0 radical (unpaired) electrons. The third-order valence-corrected chi connectivity index (χ3v) is 4.85. The van der Waals surface area contributed by atoms with Gasteiger partial charge in [-0.25, -0.2) is 0 Å². The topological polar surface area (TPSA) is 71.1 Å². The number of esters is 2. The van der Waals surface area contributed by atoms with Crippen LogP contribution >= 0.6 is 0 Å². The molecule has 6 heteroatoms. The van der Waals surface area contributed by atoms with Crippen LogP contribution in [-0.2, 0) is 41.8 Å². The average molecular weight is 445 g/mol. The van der Waals surface area contributed by atoms with E-state index in [1.807, 2.05) is 74.5 Å². The van der Waals surface area contributed by atoms with Gasteiger partial charge in [-0.3, -0.25) is 9.59 Å². The number of benzene rings is 2. The first-order valence-electron chi connectivity index (χ1n) is 11.0. The van der Waals surface area contributed by atoms with Crippen LogP contribution in [-0.4, -0.2) is 38.4 Å². The molecule has 0 aliphatic rings. The zero-order chi connectivity index (χ0) is 23.6. The van der Waals surface area contributed by atoms with Gasteiger partial charge >= 0.3 is 11.9 Å². The Kier molecular flexibility index (Phi) is 14.5. The Morgan fingerprint density at radius 3 is 1.28 bits per heavy atom. The maximum Gasteiger partial charge on any atom is 0.308 e. The van der Waals surface area contributed by atoms with Crippen LogP contribution in [0.4, 0.5) is 0 Å². The van der Waals surface area contributed by atoms with Crippen molar-refractivity contribution in [2.24, 2.45) is 0 Å². The molecule has 176 valence electrons. The summed E-state index contributed by atoms with van der Waals surface area (Å²) < 4.78 is 20.5. The Labute approximate surface area is 191 Å². The number of hydrogen-bond acceptors (Lipinski definition) is 6. The van der Waals surface area contributed by atoms with Gasteiger partial charge in [0.05, 0.1) is 25.0 Å². The van der Waals surface area contributed by atoms with Crippen molar-refractivity contribution in [2.75, 3.05) is 14.2 Å². The van der Waals surface area contributed by atoms with Gasteiger partial charge in [0.2, 0.25) is 0 Å². The van der Waals surface area contributed by atoms with E-state index in [0.29, 0.717) is 26.1 Å². The number of methoxy groups -OCH3 is 2. The summed E-state index contributed by atoms with van der Waals surface area (Å²) in [7, 11) is 3.22. The third kappa shape index (κ3) is 12.2. The molecule has 0 bridgehead atoms. The molecule has 0 unspecified atom stereocenters. The zero-order valence-electron chi connectivity index (χ0n) is 19.6. The number of carbonyl (C=O) groups excluding carboxylic acids is 2. The standard InChI is InChI=1S/2C13H18O3/c2*1-3-12(15-2)9-13(14)16-10-11-7-5-4-6-8-11/h2*4-8,12H,3,9-10H2,1-2H3/t2*12-/m11/s1. The van der Waals surface area contributed by atoms with Crippen LogP contribution in [0.5, 0.6) is 0 Å². The van der Waals surface area contributed by atoms with Gasteiger partial charge < -0.3 is 18.9 Å². The molecule has 0 aromatic heterocycles. The minimum atomic E-state index is -0.211. The second-order valence-corrected chi connectivity index (χ2v) is 7.23. The minimum Gasteiger partial charge on any atom is -0.461 e. The lowest BCUT2D eigenvalue weighted by atomic mass is 10.2. The van der Waals surface area contributed by atoms with Crippen LogP contribution in [0.1, 0.15) is 50.7 Å². The van der Waals surface area contributed by atoms with Gasteiger partial charge in [0.1, 0.15) is 13.2 Å². The van der Waals surface area contributed by atoms with Gasteiger partial charge in [0.25, 0.3) is 0 Å². The lowest BCUT2D eigenvalue weighted by Crippen LogP contribution is -2.17. The van der Waals surface area contributed by atoms with Crippen molar-refractivity contribution in [3.63, 3.8) is 0 Å². The smallest absolute Gasteiger partial charge is 0.308 e. The predicted molar refractivity (Wildman–Crippen MR) is 124 cm³/mol. The summed E-state index contributed by atoms with van der Waals surface area (Å²) >= 11 is 0. The quantitative estimate of drug-likeness (QED) is 0.425. The second-order valence-electron chi connectivity index (χ2n) is 7.23. The average Bonchev–Trinajstić information content (AvgIpc) is 2.85. The lowest BCUT2D eigenvalue weighted by molar-refractivity contribution is -0.148. The largest absolute Gasteiger partial charge is 0.461 e. The van der Waals surface area contributed by atoms with Gasteiger partial charge in [0.15, 0.2) is 0 Å². The van der Waals surface area contributed by atoms with Gasteiger partial charge in [-0.2, -0.15) is 0 Å². The van der Waals surface area contributed by atoms with Crippen molar-refractivity contribution in [1.29, 1.82) is 0 Å². The summed E-state index contributed by atoms with van der Waals surface area (Å²) in [5.74, 6) is -0.421. The van der Waals surface area contributed by atoms with Crippen molar-refractivity contribution in [3.05, 3.63) is 71.8 Å². The van der Waals surface area contributed by atoms with E-state index in [0.717, 1.165) is 24.0 Å². The van der Waals surface area contributed by atoms with Crippen molar-refractivity contribution >= 4 is 11.9 Å². The highest BCUT2D eigenvalue weighted by Crippen LogP contribution is 2.07. The molecule has 0 aliphatic carbocycles. The number of carbonyl (C=O) groups is 2. The van der Waals surface area contributed by atoms with E-state index in [9.17, 15) is 9.59 Å². The third-order valence-electron chi connectivity index (χ3n) is 4.85. The molecule has 2 atom stereocenters. The van der Waals surface area contributed by atoms with E-state index < -0.39 is 0 Å². The summed E-state index contributed by atoms with van der Waals surface area (Å²) in [5, 5.41) is 0. The van der Waals surface area contributed by atoms with E-state index in [2.05, 4.69) is 0 Å².